The van der Waals surface area contributed by atoms with Crippen molar-refractivity contribution in [3.8, 4) is 0 Å². The molecule has 0 spiro atoms. The highest BCUT2D eigenvalue weighted by Gasteiger charge is 2.20. The van der Waals surface area contributed by atoms with Crippen molar-refractivity contribution in [3.63, 3.8) is 0 Å². The maximum atomic E-state index is 12.7. The Morgan fingerprint density at radius 3 is 2.41 bits per heavy atom. The molecule has 0 saturated heterocycles. The largest absolute Gasteiger partial charge is 0.459 e. The van der Waals surface area contributed by atoms with Crippen molar-refractivity contribution in [2.24, 2.45) is 0 Å². The second-order valence-electron chi connectivity index (χ2n) is 7.38. The molecule has 0 unspecified atom stereocenters. The van der Waals surface area contributed by atoms with Gasteiger partial charge in [0.05, 0.1) is 11.4 Å². The highest BCUT2D eigenvalue weighted by atomic mass is 32.2. The average molecular weight is 459 g/mol. The lowest BCUT2D eigenvalue weighted by Crippen LogP contribution is -2.33. The van der Waals surface area contributed by atoms with Crippen LogP contribution in [0.2, 0.25) is 0 Å². The number of carbonyl (C=O) groups is 2. The van der Waals surface area contributed by atoms with E-state index in [-0.39, 0.29) is 29.5 Å². The summed E-state index contributed by atoms with van der Waals surface area (Å²) >= 11 is 0. The minimum absolute atomic E-state index is 0.0101. The Morgan fingerprint density at radius 2 is 1.72 bits per heavy atom. The Balaban J connectivity index is 1.82. The number of fused-ring (bicyclic) bond motifs is 1. The Bertz CT molecular complexity index is 1200. The van der Waals surface area contributed by atoms with E-state index >= 15 is 0 Å². The molecule has 2 aromatic carbocycles. The predicted octanol–water partition coefficient (Wildman–Crippen LogP) is 2.16. The molecule has 0 fully saturated rings. The van der Waals surface area contributed by atoms with E-state index < -0.39 is 15.9 Å². The zero-order valence-corrected chi connectivity index (χ0v) is 19.0. The zero-order valence-electron chi connectivity index (χ0n) is 18.1. The van der Waals surface area contributed by atoms with Gasteiger partial charge < -0.3 is 20.4 Å². The number of carbonyl (C=O) groups excluding carboxylic acids is 2. The van der Waals surface area contributed by atoms with Crippen LogP contribution in [0.25, 0.3) is 11.0 Å². The summed E-state index contributed by atoms with van der Waals surface area (Å²) in [6.45, 7) is 2.18. The fraction of sp³-hybridized carbons (Fsp3) is 0.273. The number of anilines is 1. The van der Waals surface area contributed by atoms with Gasteiger partial charge in [-0.25, -0.2) is 12.7 Å². The number of benzene rings is 2. The fourth-order valence-electron chi connectivity index (χ4n) is 3.02. The third-order valence-corrected chi connectivity index (χ3v) is 6.47. The summed E-state index contributed by atoms with van der Waals surface area (Å²) in [5, 5.41) is 9.36. The summed E-state index contributed by atoms with van der Waals surface area (Å²) < 4.78 is 32.2. The zero-order chi connectivity index (χ0) is 23.3. The maximum Gasteiger partial charge on any atom is 0.251 e. The minimum atomic E-state index is -3.76. The van der Waals surface area contributed by atoms with E-state index in [9.17, 15) is 18.0 Å². The van der Waals surface area contributed by atoms with Gasteiger partial charge in [-0.2, -0.15) is 0 Å². The third kappa shape index (κ3) is 5.65. The first kappa shape index (κ1) is 23.3. The molecule has 0 aliphatic carbocycles. The molecule has 3 aromatic rings. The summed E-state index contributed by atoms with van der Waals surface area (Å²) in [5.74, 6) is 0.0294. The van der Waals surface area contributed by atoms with E-state index in [1.807, 2.05) is 30.3 Å². The van der Waals surface area contributed by atoms with Crippen LogP contribution in [0.3, 0.4) is 0 Å². The van der Waals surface area contributed by atoms with E-state index in [0.29, 0.717) is 18.0 Å². The van der Waals surface area contributed by atoms with E-state index in [0.717, 1.165) is 15.3 Å². The quantitative estimate of drug-likeness (QED) is 0.423. The van der Waals surface area contributed by atoms with Crippen molar-refractivity contribution in [2.45, 2.75) is 18.4 Å². The van der Waals surface area contributed by atoms with Gasteiger partial charge in [0.25, 0.3) is 5.91 Å². The third-order valence-electron chi connectivity index (χ3n) is 4.68. The lowest BCUT2D eigenvalue weighted by molar-refractivity contribution is -0.118. The van der Waals surface area contributed by atoms with Crippen molar-refractivity contribution >= 4 is 38.5 Å². The number of rotatable bonds is 9. The Morgan fingerprint density at radius 1 is 1.00 bits per heavy atom. The molecule has 0 aliphatic rings. The second-order valence-corrected chi connectivity index (χ2v) is 9.53. The molecule has 0 atom stereocenters. The molecule has 1 heterocycles. The molecule has 3 N–H and O–H groups in total. The number of hydrogen-bond acceptors (Lipinski definition) is 6. The monoisotopic (exact) mass is 458 g/mol. The summed E-state index contributed by atoms with van der Waals surface area (Å²) in [6, 6.07) is 13.9. The predicted molar refractivity (Wildman–Crippen MR) is 122 cm³/mol. The summed E-state index contributed by atoms with van der Waals surface area (Å²) in [4.78, 5) is 23.6. The minimum Gasteiger partial charge on any atom is -0.459 e. The highest BCUT2D eigenvalue weighted by molar-refractivity contribution is 7.89. The Labute approximate surface area is 186 Å². The van der Waals surface area contributed by atoms with Crippen LogP contribution in [-0.4, -0.2) is 51.7 Å². The lowest BCUT2D eigenvalue weighted by atomic mass is 10.2. The molecule has 0 aliphatic heterocycles. The molecule has 3 rings (SSSR count). The van der Waals surface area contributed by atoms with Crippen molar-refractivity contribution in [1.29, 1.82) is 0 Å². The molecule has 170 valence electrons. The van der Waals surface area contributed by atoms with Crippen LogP contribution in [0.5, 0.6) is 0 Å². The van der Waals surface area contributed by atoms with Crippen LogP contribution < -0.4 is 16.0 Å². The number of furan rings is 1. The summed E-state index contributed by atoms with van der Waals surface area (Å²) in [5.41, 5.74) is 1.40. The maximum absolute atomic E-state index is 12.7. The molecule has 9 nitrogen and oxygen atoms in total. The van der Waals surface area contributed by atoms with E-state index in [2.05, 4.69) is 16.0 Å². The molecular formula is C22H26N4O5S. The van der Waals surface area contributed by atoms with Gasteiger partial charge in [-0.3, -0.25) is 9.59 Å². The number of nitrogens with one attached hydrogen (secondary N) is 3. The SMILES string of the molecule is CC(=O)NCCNC(=O)c1cc(NCc2cc3ccccc3o2)cc(S(=O)(=O)N(C)C)c1. The molecular weight excluding hydrogens is 432 g/mol. The second kappa shape index (κ2) is 9.84. The van der Waals surface area contributed by atoms with Gasteiger partial charge in [0.15, 0.2) is 0 Å². The Hall–Kier alpha value is -3.37. The van der Waals surface area contributed by atoms with Gasteiger partial charge >= 0.3 is 0 Å². The molecule has 2 amide bonds. The first-order valence-corrected chi connectivity index (χ1v) is 11.4. The number of hydrogen-bond donors (Lipinski definition) is 3. The van der Waals surface area contributed by atoms with Gasteiger partial charge in [0.2, 0.25) is 15.9 Å². The van der Waals surface area contributed by atoms with E-state index in [1.54, 1.807) is 6.07 Å². The highest BCUT2D eigenvalue weighted by Crippen LogP contribution is 2.23. The average Bonchev–Trinajstić information content (AvgIpc) is 3.17. The topological polar surface area (TPSA) is 121 Å². The van der Waals surface area contributed by atoms with Crippen molar-refractivity contribution in [2.75, 3.05) is 32.5 Å². The summed E-state index contributed by atoms with van der Waals surface area (Å²) in [6.07, 6.45) is 0. The van der Waals surface area contributed by atoms with Gasteiger partial charge in [-0.15, -0.1) is 0 Å². The number of nitrogens with zero attached hydrogens (tertiary/aromatic N) is 1. The first-order chi connectivity index (χ1) is 15.2. The van der Waals surface area contributed by atoms with Gasteiger partial charge in [-0.1, -0.05) is 18.2 Å². The normalized spacial score (nSPS) is 11.5. The smallest absolute Gasteiger partial charge is 0.251 e. The van der Waals surface area contributed by atoms with Gasteiger partial charge in [-0.05, 0) is 30.3 Å². The van der Waals surface area contributed by atoms with E-state index in [1.165, 1.54) is 33.2 Å². The van der Waals surface area contributed by atoms with Crippen molar-refractivity contribution in [3.05, 3.63) is 59.9 Å². The molecule has 32 heavy (non-hydrogen) atoms. The van der Waals surface area contributed by atoms with Crippen LogP contribution in [0.4, 0.5) is 5.69 Å². The molecule has 0 radical (unpaired) electrons. The van der Waals surface area contributed by atoms with Crippen LogP contribution in [0.1, 0.15) is 23.0 Å². The molecule has 10 heteroatoms. The molecule has 0 saturated carbocycles. The first-order valence-electron chi connectivity index (χ1n) is 9.98. The lowest BCUT2D eigenvalue weighted by Gasteiger charge is -2.15. The van der Waals surface area contributed by atoms with Gasteiger partial charge in [0, 0.05) is 50.7 Å². The van der Waals surface area contributed by atoms with Crippen LogP contribution in [0, 0.1) is 0 Å². The Kier molecular flexibility index (Phi) is 7.16. The van der Waals surface area contributed by atoms with Gasteiger partial charge in [0.1, 0.15) is 11.3 Å². The van der Waals surface area contributed by atoms with Crippen LogP contribution in [0.15, 0.2) is 57.8 Å². The number of amides is 2. The number of sulfonamides is 1. The van der Waals surface area contributed by atoms with Crippen LogP contribution in [-0.2, 0) is 21.4 Å². The number of para-hydroxylation sites is 1. The molecule has 1 aromatic heterocycles. The van der Waals surface area contributed by atoms with Crippen LogP contribution >= 0.6 is 0 Å². The molecule has 0 bridgehead atoms. The fourth-order valence-corrected chi connectivity index (χ4v) is 4.00. The van der Waals surface area contributed by atoms with Crippen molar-refractivity contribution in [1.82, 2.24) is 14.9 Å². The summed E-state index contributed by atoms with van der Waals surface area (Å²) in [7, 11) is -0.907. The standard InChI is InChI=1S/C22H26N4O5S/c1-15(27)23-8-9-24-22(28)17-10-18(13-20(12-17)32(29,30)26(2)3)25-14-19-11-16-6-4-5-7-21(16)31-19/h4-7,10-13,25H,8-9,14H2,1-3H3,(H,23,27)(H,24,28). The van der Waals surface area contributed by atoms with E-state index in [4.69, 9.17) is 4.42 Å². The van der Waals surface area contributed by atoms with Crippen molar-refractivity contribution < 1.29 is 22.4 Å².